The van der Waals surface area contributed by atoms with Crippen LogP contribution in [0.4, 0.5) is 5.69 Å². The first-order chi connectivity index (χ1) is 14.6. The van der Waals surface area contributed by atoms with Crippen molar-refractivity contribution in [3.63, 3.8) is 0 Å². The van der Waals surface area contributed by atoms with Crippen molar-refractivity contribution in [2.24, 2.45) is 0 Å². The van der Waals surface area contributed by atoms with E-state index in [-0.39, 0.29) is 24.5 Å². The molecule has 0 spiro atoms. The van der Waals surface area contributed by atoms with Gasteiger partial charge in [-0.15, -0.1) is 0 Å². The maximum absolute atomic E-state index is 12.5. The molecule has 30 heavy (non-hydrogen) atoms. The zero-order valence-electron chi connectivity index (χ0n) is 17.7. The van der Waals surface area contributed by atoms with Crippen LogP contribution in [-0.4, -0.2) is 31.1 Å². The summed E-state index contributed by atoms with van der Waals surface area (Å²) in [5, 5.41) is 5.96. The van der Waals surface area contributed by atoms with Crippen LogP contribution in [0.2, 0.25) is 0 Å². The van der Waals surface area contributed by atoms with Gasteiger partial charge in [-0.1, -0.05) is 31.4 Å². The lowest BCUT2D eigenvalue weighted by Gasteiger charge is -2.23. The third-order valence-electron chi connectivity index (χ3n) is 5.21. The molecule has 0 aromatic heterocycles. The zero-order valence-corrected chi connectivity index (χ0v) is 17.7. The van der Waals surface area contributed by atoms with Crippen LogP contribution < -0.4 is 20.1 Å². The molecule has 0 heterocycles. The summed E-state index contributed by atoms with van der Waals surface area (Å²) in [5.74, 6) is 0.806. The minimum absolute atomic E-state index is 0.0567. The molecule has 0 atom stereocenters. The molecule has 0 aliphatic heterocycles. The molecule has 0 bridgehead atoms. The van der Waals surface area contributed by atoms with E-state index in [1.54, 1.807) is 30.3 Å². The van der Waals surface area contributed by atoms with Gasteiger partial charge in [0.2, 0.25) is 0 Å². The fourth-order valence-corrected chi connectivity index (χ4v) is 3.63. The lowest BCUT2D eigenvalue weighted by molar-refractivity contribution is -0.118. The van der Waals surface area contributed by atoms with E-state index in [0.717, 1.165) is 18.4 Å². The Kier molecular flexibility index (Phi) is 7.71. The Labute approximate surface area is 178 Å². The van der Waals surface area contributed by atoms with Gasteiger partial charge < -0.3 is 20.1 Å². The average Bonchev–Trinajstić information content (AvgIpc) is 2.75. The summed E-state index contributed by atoms with van der Waals surface area (Å²) >= 11 is 0. The maximum atomic E-state index is 12.5. The number of hydrogen-bond donors (Lipinski definition) is 2. The molecule has 0 saturated heterocycles. The minimum atomic E-state index is -0.274. The van der Waals surface area contributed by atoms with Gasteiger partial charge >= 0.3 is 0 Å². The highest BCUT2D eigenvalue weighted by Gasteiger charge is 2.17. The highest BCUT2D eigenvalue weighted by atomic mass is 16.5. The molecule has 1 aliphatic carbocycles. The predicted molar refractivity (Wildman–Crippen MR) is 117 cm³/mol. The standard InChI is InChI=1S/C24H30N2O4/c1-3-29-21-11-7-8-12-22(21)30-16-23(27)26-20-14-13-18(15-17(20)2)24(28)25-19-9-5-4-6-10-19/h7-8,11-15,19H,3-6,9-10,16H2,1-2H3,(H,25,28)(H,26,27). The van der Waals surface area contributed by atoms with Crippen molar-refractivity contribution in [3.8, 4) is 11.5 Å². The van der Waals surface area contributed by atoms with Crippen LogP contribution in [0.15, 0.2) is 42.5 Å². The van der Waals surface area contributed by atoms with E-state index in [9.17, 15) is 9.59 Å². The molecule has 6 nitrogen and oxygen atoms in total. The SMILES string of the molecule is CCOc1ccccc1OCC(=O)Nc1ccc(C(=O)NC2CCCCC2)cc1C. The van der Waals surface area contributed by atoms with Crippen molar-refractivity contribution >= 4 is 17.5 Å². The number of amides is 2. The highest BCUT2D eigenvalue weighted by molar-refractivity contribution is 5.97. The van der Waals surface area contributed by atoms with E-state index < -0.39 is 0 Å². The monoisotopic (exact) mass is 410 g/mol. The van der Waals surface area contributed by atoms with Crippen LogP contribution in [0.25, 0.3) is 0 Å². The van der Waals surface area contributed by atoms with E-state index in [0.29, 0.717) is 29.4 Å². The number of benzene rings is 2. The Bertz CT molecular complexity index is 875. The van der Waals surface area contributed by atoms with E-state index in [1.165, 1.54) is 19.3 Å². The molecule has 6 heteroatoms. The van der Waals surface area contributed by atoms with Crippen LogP contribution in [-0.2, 0) is 4.79 Å². The summed E-state index contributed by atoms with van der Waals surface area (Å²) in [6, 6.07) is 12.8. The second-order valence-corrected chi connectivity index (χ2v) is 7.55. The number of anilines is 1. The van der Waals surface area contributed by atoms with Gasteiger partial charge in [0.15, 0.2) is 18.1 Å². The molecule has 1 saturated carbocycles. The van der Waals surface area contributed by atoms with Crippen LogP contribution in [0, 0.1) is 6.92 Å². The largest absolute Gasteiger partial charge is 0.490 e. The van der Waals surface area contributed by atoms with E-state index >= 15 is 0 Å². The first-order valence-electron chi connectivity index (χ1n) is 10.6. The Morgan fingerprint density at radius 2 is 1.70 bits per heavy atom. The normalized spacial score (nSPS) is 14.1. The number of aryl methyl sites for hydroxylation is 1. The zero-order chi connectivity index (χ0) is 21.3. The molecular formula is C24H30N2O4. The molecular weight excluding hydrogens is 380 g/mol. The van der Waals surface area contributed by atoms with Crippen molar-refractivity contribution in [1.82, 2.24) is 5.32 Å². The average molecular weight is 411 g/mol. The maximum Gasteiger partial charge on any atom is 0.262 e. The number of hydrogen-bond acceptors (Lipinski definition) is 4. The first kappa shape index (κ1) is 21.7. The summed E-state index contributed by atoms with van der Waals surface area (Å²) in [6.07, 6.45) is 5.69. The van der Waals surface area contributed by atoms with E-state index in [4.69, 9.17) is 9.47 Å². The molecule has 3 rings (SSSR count). The number of para-hydroxylation sites is 2. The van der Waals surface area contributed by atoms with Gasteiger partial charge in [-0.2, -0.15) is 0 Å². The summed E-state index contributed by atoms with van der Waals surface area (Å²) in [7, 11) is 0. The minimum Gasteiger partial charge on any atom is -0.490 e. The number of ether oxygens (including phenoxy) is 2. The van der Waals surface area contributed by atoms with Crippen LogP contribution in [0.1, 0.15) is 54.9 Å². The molecule has 2 aromatic carbocycles. The number of carbonyl (C=O) groups is 2. The summed E-state index contributed by atoms with van der Waals surface area (Å²) < 4.78 is 11.1. The summed E-state index contributed by atoms with van der Waals surface area (Å²) in [4.78, 5) is 24.8. The Morgan fingerprint density at radius 1 is 1.00 bits per heavy atom. The molecule has 0 radical (unpaired) electrons. The van der Waals surface area contributed by atoms with Crippen LogP contribution >= 0.6 is 0 Å². The van der Waals surface area contributed by atoms with Gasteiger partial charge in [-0.05, 0) is 62.6 Å². The molecule has 160 valence electrons. The van der Waals surface area contributed by atoms with Crippen molar-refractivity contribution in [1.29, 1.82) is 0 Å². The van der Waals surface area contributed by atoms with Gasteiger partial charge in [-0.3, -0.25) is 9.59 Å². The topological polar surface area (TPSA) is 76.7 Å². The fraction of sp³-hybridized carbons (Fsp3) is 0.417. The Hall–Kier alpha value is -3.02. The molecule has 2 amide bonds. The second-order valence-electron chi connectivity index (χ2n) is 7.55. The number of rotatable bonds is 8. The predicted octanol–water partition coefficient (Wildman–Crippen LogP) is 4.47. The number of nitrogens with one attached hydrogen (secondary N) is 2. The van der Waals surface area contributed by atoms with Crippen LogP contribution in [0.3, 0.4) is 0 Å². The van der Waals surface area contributed by atoms with Gasteiger partial charge in [0, 0.05) is 17.3 Å². The van der Waals surface area contributed by atoms with Crippen molar-refractivity contribution in [2.45, 2.75) is 52.0 Å². The lowest BCUT2D eigenvalue weighted by Crippen LogP contribution is -2.36. The molecule has 0 unspecified atom stereocenters. The van der Waals surface area contributed by atoms with Crippen LogP contribution in [0.5, 0.6) is 11.5 Å². The fourth-order valence-electron chi connectivity index (χ4n) is 3.63. The second kappa shape index (κ2) is 10.7. The highest BCUT2D eigenvalue weighted by Crippen LogP contribution is 2.26. The van der Waals surface area contributed by atoms with Gasteiger partial charge in [0.25, 0.3) is 11.8 Å². The van der Waals surface area contributed by atoms with Crippen molar-refractivity contribution in [3.05, 3.63) is 53.6 Å². The number of carbonyl (C=O) groups excluding carboxylic acids is 2. The third kappa shape index (κ3) is 5.99. The van der Waals surface area contributed by atoms with Crippen molar-refractivity contribution < 1.29 is 19.1 Å². The molecule has 2 aromatic rings. The van der Waals surface area contributed by atoms with Crippen molar-refractivity contribution in [2.75, 3.05) is 18.5 Å². The summed E-state index contributed by atoms with van der Waals surface area (Å²) in [6.45, 7) is 4.16. The molecule has 1 aliphatic rings. The first-order valence-corrected chi connectivity index (χ1v) is 10.6. The molecule has 2 N–H and O–H groups in total. The summed E-state index contributed by atoms with van der Waals surface area (Å²) in [5.41, 5.74) is 2.10. The third-order valence-corrected chi connectivity index (χ3v) is 5.21. The van der Waals surface area contributed by atoms with E-state index in [2.05, 4.69) is 10.6 Å². The van der Waals surface area contributed by atoms with E-state index in [1.807, 2.05) is 26.0 Å². The molecule has 1 fully saturated rings. The van der Waals surface area contributed by atoms with Gasteiger partial charge in [0.1, 0.15) is 0 Å². The Balaban J connectivity index is 1.55. The smallest absolute Gasteiger partial charge is 0.262 e. The lowest BCUT2D eigenvalue weighted by atomic mass is 9.95. The quantitative estimate of drug-likeness (QED) is 0.673. The van der Waals surface area contributed by atoms with Gasteiger partial charge in [0.05, 0.1) is 6.61 Å². The Morgan fingerprint density at radius 3 is 2.37 bits per heavy atom. The van der Waals surface area contributed by atoms with Gasteiger partial charge in [-0.25, -0.2) is 0 Å².